The van der Waals surface area contributed by atoms with Crippen molar-refractivity contribution in [1.29, 1.82) is 0 Å². The topological polar surface area (TPSA) is 91.8 Å². The second-order valence-corrected chi connectivity index (χ2v) is 11.4. The molecule has 7 nitrogen and oxygen atoms in total. The van der Waals surface area contributed by atoms with E-state index in [1.807, 2.05) is 62.1 Å². The number of thiazole rings is 1. The number of aromatic nitrogens is 1. The molecule has 1 aromatic heterocycles. The van der Waals surface area contributed by atoms with Gasteiger partial charge in [-0.1, -0.05) is 49.4 Å². The lowest BCUT2D eigenvalue weighted by Gasteiger charge is -2.31. The van der Waals surface area contributed by atoms with Gasteiger partial charge in [0, 0.05) is 42.8 Å². The van der Waals surface area contributed by atoms with E-state index >= 15 is 0 Å². The molecule has 1 aromatic carbocycles. The number of phenolic OH excluding ortho intramolecular Hbond substituents is 1. The first kappa shape index (κ1) is 36.8. The standard InChI is InChI=1S/C34H41N3O4S.C3H6/c1-6-9-13-25(8-3)28(12-7-2)29(22-24(4)41-5)35-33(40)30-23-42-34(36-30)27-18-20-37(21-19-27)32(39)17-16-26-14-10-11-15-31(26)38;1-3-2/h1,7,10-15,22-23,27,38H,8-9,16-21H2,2-5H3,(H,35,40);3H,1H2,2H3/b12-7-,24-22+,25-13+,29-28-;. The van der Waals surface area contributed by atoms with Gasteiger partial charge < -0.3 is 20.1 Å². The van der Waals surface area contributed by atoms with Crippen LogP contribution in [0.15, 0.2) is 89.2 Å². The average Bonchev–Trinajstić information content (AvgIpc) is 3.55. The number of rotatable bonds is 12. The van der Waals surface area contributed by atoms with Crippen molar-refractivity contribution in [3.63, 3.8) is 0 Å². The number of benzene rings is 1. The van der Waals surface area contributed by atoms with E-state index in [1.165, 1.54) is 11.3 Å². The molecular formula is C37H47N3O4S. The van der Waals surface area contributed by atoms with E-state index in [-0.39, 0.29) is 23.5 Å². The fourth-order valence-electron chi connectivity index (χ4n) is 4.87. The van der Waals surface area contributed by atoms with Crippen LogP contribution in [0.3, 0.4) is 0 Å². The maximum Gasteiger partial charge on any atom is 0.275 e. The minimum Gasteiger partial charge on any atom is -0.508 e. The van der Waals surface area contributed by atoms with Crippen molar-refractivity contribution in [2.24, 2.45) is 0 Å². The van der Waals surface area contributed by atoms with E-state index in [1.54, 1.807) is 30.7 Å². The van der Waals surface area contributed by atoms with Crippen LogP contribution in [0, 0.1) is 12.3 Å². The Morgan fingerprint density at radius 3 is 2.56 bits per heavy atom. The number of carbonyl (C=O) groups excluding carboxylic acids is 2. The molecule has 1 fully saturated rings. The van der Waals surface area contributed by atoms with Crippen LogP contribution in [-0.4, -0.2) is 47.0 Å². The third kappa shape index (κ3) is 11.6. The van der Waals surface area contributed by atoms with Gasteiger partial charge in [0.2, 0.25) is 5.91 Å². The van der Waals surface area contributed by atoms with E-state index < -0.39 is 0 Å². The van der Waals surface area contributed by atoms with Gasteiger partial charge in [0.1, 0.15) is 11.4 Å². The zero-order valence-corrected chi connectivity index (χ0v) is 28.1. The van der Waals surface area contributed by atoms with E-state index in [0.717, 1.165) is 41.0 Å². The Bertz CT molecular complexity index is 1450. The summed E-state index contributed by atoms with van der Waals surface area (Å²) in [6.45, 7) is 12.4. The lowest BCUT2D eigenvalue weighted by molar-refractivity contribution is -0.132. The Morgan fingerprint density at radius 1 is 1.27 bits per heavy atom. The largest absolute Gasteiger partial charge is 0.508 e. The lowest BCUT2D eigenvalue weighted by atomic mass is 9.97. The van der Waals surface area contributed by atoms with Crippen molar-refractivity contribution in [2.45, 2.75) is 72.1 Å². The van der Waals surface area contributed by atoms with Gasteiger partial charge in [-0.25, -0.2) is 4.98 Å². The number of aromatic hydroxyl groups is 1. The number of methoxy groups -OCH3 is 1. The van der Waals surface area contributed by atoms with Gasteiger partial charge >= 0.3 is 0 Å². The molecule has 0 radical (unpaired) electrons. The highest BCUT2D eigenvalue weighted by atomic mass is 32.1. The Hall–Kier alpha value is -4.35. The van der Waals surface area contributed by atoms with E-state index in [4.69, 9.17) is 16.1 Å². The first-order valence-corrected chi connectivity index (χ1v) is 16.2. The molecule has 1 saturated heterocycles. The molecule has 2 aromatic rings. The molecule has 0 unspecified atom stereocenters. The summed E-state index contributed by atoms with van der Waals surface area (Å²) in [5, 5.41) is 15.7. The number of aryl methyl sites for hydroxylation is 1. The zero-order valence-electron chi connectivity index (χ0n) is 27.3. The number of para-hydroxylation sites is 1. The molecule has 2 N–H and O–H groups in total. The molecule has 1 aliphatic rings. The van der Waals surface area contributed by atoms with Crippen molar-refractivity contribution < 1.29 is 19.4 Å². The monoisotopic (exact) mass is 629 g/mol. The van der Waals surface area contributed by atoms with Crippen LogP contribution >= 0.6 is 11.3 Å². The normalized spacial score (nSPS) is 14.6. The molecule has 1 aliphatic heterocycles. The van der Waals surface area contributed by atoms with Crippen LogP contribution < -0.4 is 5.32 Å². The van der Waals surface area contributed by atoms with Crippen LogP contribution in [0.5, 0.6) is 5.75 Å². The predicted octanol–water partition coefficient (Wildman–Crippen LogP) is 7.85. The molecule has 3 rings (SSSR count). The highest BCUT2D eigenvalue weighted by Gasteiger charge is 2.26. The average molecular weight is 630 g/mol. The minimum atomic E-state index is -0.293. The number of hydrogen-bond donors (Lipinski definition) is 2. The molecular weight excluding hydrogens is 582 g/mol. The number of nitrogens with zero attached hydrogens (tertiary/aromatic N) is 2. The summed E-state index contributed by atoms with van der Waals surface area (Å²) in [5.41, 5.74) is 3.67. The summed E-state index contributed by atoms with van der Waals surface area (Å²) in [4.78, 5) is 32.8. The van der Waals surface area contributed by atoms with Crippen molar-refractivity contribution in [3.05, 3.63) is 105 Å². The van der Waals surface area contributed by atoms with Gasteiger partial charge in [0.05, 0.1) is 23.6 Å². The molecule has 2 amide bonds. The first-order valence-electron chi connectivity index (χ1n) is 15.3. The summed E-state index contributed by atoms with van der Waals surface area (Å²) in [6.07, 6.45) is 18.7. The number of carbonyl (C=O) groups is 2. The van der Waals surface area contributed by atoms with Crippen LogP contribution in [0.4, 0.5) is 0 Å². The van der Waals surface area contributed by atoms with Gasteiger partial charge in [0.25, 0.3) is 5.91 Å². The molecule has 2 heterocycles. The number of phenols is 1. The summed E-state index contributed by atoms with van der Waals surface area (Å²) in [7, 11) is 1.59. The van der Waals surface area contributed by atoms with Gasteiger partial charge in [0.15, 0.2) is 0 Å². The predicted molar refractivity (Wildman–Crippen MR) is 185 cm³/mol. The number of terminal acetylenes is 1. The summed E-state index contributed by atoms with van der Waals surface area (Å²) >= 11 is 1.48. The molecule has 240 valence electrons. The molecule has 0 aliphatic carbocycles. The molecule has 45 heavy (non-hydrogen) atoms. The summed E-state index contributed by atoms with van der Waals surface area (Å²) < 4.78 is 5.39. The fourth-order valence-corrected chi connectivity index (χ4v) is 5.84. The SMILES string of the molecule is C#CC/C=C(CC)/C(/C=C\C)=C(/C=C(\C)OC)NC(=O)c1csc(C2CCN(C(=O)CCc3ccccc3O)CC2)n1.C=CC. The van der Waals surface area contributed by atoms with Crippen LogP contribution in [0.1, 0.15) is 86.8 Å². The molecule has 8 heteroatoms. The van der Waals surface area contributed by atoms with Crippen molar-refractivity contribution in [1.82, 2.24) is 15.2 Å². The van der Waals surface area contributed by atoms with Gasteiger partial charge in [-0.3, -0.25) is 9.59 Å². The van der Waals surface area contributed by atoms with Crippen LogP contribution in [-0.2, 0) is 16.0 Å². The zero-order chi connectivity index (χ0) is 33.2. The Kier molecular flexibility index (Phi) is 16.2. The van der Waals surface area contributed by atoms with Crippen molar-refractivity contribution >= 4 is 23.2 Å². The molecule has 0 bridgehead atoms. The Balaban J connectivity index is 0.00000226. The van der Waals surface area contributed by atoms with E-state index in [9.17, 15) is 14.7 Å². The van der Waals surface area contributed by atoms with E-state index in [2.05, 4.69) is 24.7 Å². The number of piperidine rings is 1. The quantitative estimate of drug-likeness (QED) is 0.108. The first-order chi connectivity index (χ1) is 21.7. The highest BCUT2D eigenvalue weighted by Crippen LogP contribution is 2.31. The number of ether oxygens (including phenoxy) is 1. The minimum absolute atomic E-state index is 0.0920. The Morgan fingerprint density at radius 2 is 1.96 bits per heavy atom. The molecule has 0 atom stereocenters. The third-order valence-corrected chi connectivity index (χ3v) is 8.29. The van der Waals surface area contributed by atoms with Gasteiger partial charge in [-0.05, 0) is 69.7 Å². The van der Waals surface area contributed by atoms with E-state index in [0.29, 0.717) is 49.5 Å². The third-order valence-electron chi connectivity index (χ3n) is 7.29. The number of amides is 2. The Labute approximate surface area is 273 Å². The fraction of sp³-hybridized carbons (Fsp3) is 0.378. The maximum atomic E-state index is 13.4. The van der Waals surface area contributed by atoms with Crippen molar-refractivity contribution in [3.8, 4) is 18.1 Å². The number of allylic oxidation sites excluding steroid dienone is 8. The number of likely N-dealkylation sites (tertiary alicyclic amines) is 1. The van der Waals surface area contributed by atoms with Crippen LogP contribution in [0.25, 0.3) is 0 Å². The maximum absolute atomic E-state index is 13.4. The summed E-state index contributed by atoms with van der Waals surface area (Å²) in [6, 6.07) is 7.13. The van der Waals surface area contributed by atoms with Crippen LogP contribution in [0.2, 0.25) is 0 Å². The lowest BCUT2D eigenvalue weighted by Crippen LogP contribution is -2.38. The number of hydrogen-bond acceptors (Lipinski definition) is 6. The highest BCUT2D eigenvalue weighted by molar-refractivity contribution is 7.09. The smallest absolute Gasteiger partial charge is 0.275 e. The molecule has 0 spiro atoms. The second-order valence-electron chi connectivity index (χ2n) is 10.5. The second kappa shape index (κ2) is 19.8. The van der Waals surface area contributed by atoms with Gasteiger partial charge in [-0.15, -0.1) is 30.3 Å². The van der Waals surface area contributed by atoms with Gasteiger partial charge in [-0.2, -0.15) is 0 Å². The molecule has 0 saturated carbocycles. The number of nitrogens with one attached hydrogen (secondary N) is 1. The summed E-state index contributed by atoms with van der Waals surface area (Å²) in [5.74, 6) is 3.53. The van der Waals surface area contributed by atoms with Crippen molar-refractivity contribution in [2.75, 3.05) is 20.2 Å².